The molecule has 0 saturated carbocycles. The summed E-state index contributed by atoms with van der Waals surface area (Å²) in [4.78, 5) is 1.30. The first kappa shape index (κ1) is 13.8. The highest BCUT2D eigenvalue weighted by molar-refractivity contribution is 7.99. The van der Waals surface area contributed by atoms with Gasteiger partial charge in [-0.25, -0.2) is 0 Å². The molecular formula is C17H19NS. The Kier molecular flexibility index (Phi) is 4.69. The van der Waals surface area contributed by atoms with Crippen molar-refractivity contribution in [2.45, 2.75) is 17.7 Å². The Labute approximate surface area is 119 Å². The molecule has 0 aromatic heterocycles. The molecule has 1 aliphatic heterocycles. The van der Waals surface area contributed by atoms with Gasteiger partial charge in [-0.2, -0.15) is 0 Å². The molecule has 0 saturated heterocycles. The number of rotatable bonds is 5. The number of allylic oxidation sites excluding steroid dienone is 4. The van der Waals surface area contributed by atoms with E-state index in [4.69, 9.17) is 0 Å². The Morgan fingerprint density at radius 3 is 2.89 bits per heavy atom. The van der Waals surface area contributed by atoms with Gasteiger partial charge >= 0.3 is 0 Å². The standard InChI is InChI=1S/C17H19NS/c1-4-6-14(5-2)12-19-16-9-10-17-15(11-16)8-7-13(3)18-17/h4-6,9-11,18H,1-3,7-8,12H2/b14-6+. The molecule has 0 unspecified atom stereocenters. The molecule has 1 aromatic carbocycles. The SMILES string of the molecule is C=C/C=C(\C=C)CSc1ccc2c(c1)CCC(=C)N2. The van der Waals surface area contributed by atoms with E-state index in [1.165, 1.54) is 21.7 Å². The monoisotopic (exact) mass is 269 g/mol. The smallest absolute Gasteiger partial charge is 0.0415 e. The predicted octanol–water partition coefficient (Wildman–Crippen LogP) is 4.95. The first-order valence-corrected chi connectivity index (χ1v) is 7.36. The summed E-state index contributed by atoms with van der Waals surface area (Å²) < 4.78 is 0. The number of benzene rings is 1. The lowest BCUT2D eigenvalue weighted by Crippen LogP contribution is -2.08. The van der Waals surface area contributed by atoms with Crippen molar-refractivity contribution in [3.05, 3.63) is 73.0 Å². The molecule has 1 aliphatic rings. The third-order valence-corrected chi connectivity index (χ3v) is 4.15. The van der Waals surface area contributed by atoms with Gasteiger partial charge in [0.2, 0.25) is 0 Å². The minimum atomic E-state index is 0.925. The highest BCUT2D eigenvalue weighted by atomic mass is 32.2. The fraction of sp³-hybridized carbons (Fsp3) is 0.176. The fourth-order valence-corrected chi connectivity index (χ4v) is 2.96. The first-order valence-electron chi connectivity index (χ1n) is 6.37. The van der Waals surface area contributed by atoms with Gasteiger partial charge in [-0.3, -0.25) is 0 Å². The van der Waals surface area contributed by atoms with E-state index in [-0.39, 0.29) is 0 Å². The number of hydrogen-bond acceptors (Lipinski definition) is 2. The summed E-state index contributed by atoms with van der Waals surface area (Å²) in [5, 5.41) is 3.34. The average Bonchev–Trinajstić information content (AvgIpc) is 2.43. The average molecular weight is 269 g/mol. The van der Waals surface area contributed by atoms with Crippen molar-refractivity contribution in [1.82, 2.24) is 0 Å². The molecule has 0 spiro atoms. The van der Waals surface area contributed by atoms with Crippen LogP contribution in [0.15, 0.2) is 72.3 Å². The molecule has 2 heteroatoms. The van der Waals surface area contributed by atoms with Crippen LogP contribution >= 0.6 is 11.8 Å². The van der Waals surface area contributed by atoms with Crippen molar-refractivity contribution in [2.24, 2.45) is 0 Å². The number of fused-ring (bicyclic) bond motifs is 1. The lowest BCUT2D eigenvalue weighted by molar-refractivity contribution is 0.914. The maximum atomic E-state index is 3.98. The van der Waals surface area contributed by atoms with Crippen molar-refractivity contribution in [3.63, 3.8) is 0 Å². The Morgan fingerprint density at radius 2 is 2.16 bits per heavy atom. The van der Waals surface area contributed by atoms with Crippen LogP contribution in [0.25, 0.3) is 0 Å². The lowest BCUT2D eigenvalue weighted by atomic mass is 10.0. The van der Waals surface area contributed by atoms with E-state index in [1.807, 2.05) is 23.9 Å². The lowest BCUT2D eigenvalue weighted by Gasteiger charge is -2.20. The third kappa shape index (κ3) is 3.65. The second-order valence-electron chi connectivity index (χ2n) is 4.52. The second-order valence-corrected chi connectivity index (χ2v) is 5.57. The van der Waals surface area contributed by atoms with Gasteiger partial charge in [-0.1, -0.05) is 38.0 Å². The molecule has 0 amide bonds. The van der Waals surface area contributed by atoms with Gasteiger partial charge in [0.1, 0.15) is 0 Å². The Bertz CT molecular complexity index is 540. The van der Waals surface area contributed by atoms with E-state index in [9.17, 15) is 0 Å². The van der Waals surface area contributed by atoms with Gasteiger partial charge in [0.25, 0.3) is 0 Å². The van der Waals surface area contributed by atoms with Crippen molar-refractivity contribution >= 4 is 17.4 Å². The second kappa shape index (κ2) is 6.48. The molecule has 0 fully saturated rings. The number of nitrogens with one attached hydrogen (secondary N) is 1. The summed E-state index contributed by atoms with van der Waals surface area (Å²) in [6.45, 7) is 11.5. The normalized spacial score (nSPS) is 14.5. The summed E-state index contributed by atoms with van der Waals surface area (Å²) in [6, 6.07) is 6.57. The zero-order chi connectivity index (χ0) is 13.7. The number of thioether (sulfide) groups is 1. The molecule has 1 N–H and O–H groups in total. The van der Waals surface area contributed by atoms with Crippen LogP contribution in [0, 0.1) is 0 Å². The Hall–Kier alpha value is -1.67. The summed E-state index contributed by atoms with van der Waals surface area (Å²) in [5.74, 6) is 0.925. The number of hydrogen-bond donors (Lipinski definition) is 1. The Morgan fingerprint density at radius 1 is 1.32 bits per heavy atom. The number of anilines is 1. The summed E-state index contributed by atoms with van der Waals surface area (Å²) >= 11 is 1.83. The van der Waals surface area contributed by atoms with Crippen LogP contribution in [-0.2, 0) is 6.42 Å². The van der Waals surface area contributed by atoms with Crippen molar-refractivity contribution < 1.29 is 0 Å². The van der Waals surface area contributed by atoms with E-state index in [0.29, 0.717) is 0 Å². The maximum Gasteiger partial charge on any atom is 0.0415 e. The van der Waals surface area contributed by atoms with Gasteiger partial charge in [-0.05, 0) is 42.2 Å². The van der Waals surface area contributed by atoms with Gasteiger partial charge in [0.15, 0.2) is 0 Å². The van der Waals surface area contributed by atoms with E-state index in [2.05, 4.69) is 43.3 Å². The molecule has 1 heterocycles. The van der Waals surface area contributed by atoms with Gasteiger partial charge in [-0.15, -0.1) is 11.8 Å². The van der Waals surface area contributed by atoms with Crippen LogP contribution in [-0.4, -0.2) is 5.75 Å². The molecular weight excluding hydrogens is 250 g/mol. The quantitative estimate of drug-likeness (QED) is 0.599. The molecule has 1 nitrogen and oxygen atoms in total. The molecule has 1 aromatic rings. The van der Waals surface area contributed by atoms with Crippen molar-refractivity contribution in [3.8, 4) is 0 Å². The molecule has 19 heavy (non-hydrogen) atoms. The topological polar surface area (TPSA) is 12.0 Å². The van der Waals surface area contributed by atoms with E-state index in [0.717, 1.165) is 24.3 Å². The minimum absolute atomic E-state index is 0.925. The van der Waals surface area contributed by atoms with Crippen LogP contribution in [0.4, 0.5) is 5.69 Å². The zero-order valence-electron chi connectivity index (χ0n) is 11.1. The molecule has 0 aliphatic carbocycles. The van der Waals surface area contributed by atoms with E-state index >= 15 is 0 Å². The predicted molar refractivity (Wildman–Crippen MR) is 86.7 cm³/mol. The third-order valence-electron chi connectivity index (χ3n) is 3.08. The Balaban J connectivity index is 2.06. The van der Waals surface area contributed by atoms with Crippen LogP contribution in [0.2, 0.25) is 0 Å². The summed E-state index contributed by atoms with van der Waals surface area (Å²) in [7, 11) is 0. The summed E-state index contributed by atoms with van der Waals surface area (Å²) in [6.07, 6.45) is 7.80. The molecule has 2 rings (SSSR count). The van der Waals surface area contributed by atoms with Gasteiger partial charge < -0.3 is 5.32 Å². The van der Waals surface area contributed by atoms with Crippen molar-refractivity contribution in [2.75, 3.05) is 11.1 Å². The molecule has 0 atom stereocenters. The zero-order valence-corrected chi connectivity index (χ0v) is 11.9. The molecule has 0 radical (unpaired) electrons. The van der Waals surface area contributed by atoms with Crippen LogP contribution in [0.3, 0.4) is 0 Å². The summed E-state index contributed by atoms with van der Waals surface area (Å²) in [5.41, 5.74) is 4.89. The fourth-order valence-electron chi connectivity index (χ4n) is 2.02. The van der Waals surface area contributed by atoms with Gasteiger partial charge in [0, 0.05) is 22.0 Å². The van der Waals surface area contributed by atoms with E-state index < -0.39 is 0 Å². The first-order chi connectivity index (χ1) is 9.22. The highest BCUT2D eigenvalue weighted by Gasteiger charge is 2.11. The number of aryl methyl sites for hydroxylation is 1. The molecule has 0 bridgehead atoms. The van der Waals surface area contributed by atoms with Crippen LogP contribution in [0.1, 0.15) is 12.0 Å². The molecule has 98 valence electrons. The minimum Gasteiger partial charge on any atom is -0.359 e. The van der Waals surface area contributed by atoms with Gasteiger partial charge in [0.05, 0.1) is 0 Å². The largest absolute Gasteiger partial charge is 0.359 e. The maximum absolute atomic E-state index is 3.98. The highest BCUT2D eigenvalue weighted by Crippen LogP contribution is 2.31. The van der Waals surface area contributed by atoms with Crippen LogP contribution in [0.5, 0.6) is 0 Å². The van der Waals surface area contributed by atoms with Crippen LogP contribution < -0.4 is 5.32 Å². The van der Waals surface area contributed by atoms with Crippen molar-refractivity contribution in [1.29, 1.82) is 0 Å². The van der Waals surface area contributed by atoms with E-state index in [1.54, 1.807) is 6.08 Å².